The van der Waals surface area contributed by atoms with Gasteiger partial charge in [0, 0.05) is 49.1 Å². The van der Waals surface area contributed by atoms with Gasteiger partial charge in [-0.15, -0.1) is 0 Å². The molecule has 2 amide bonds. The molecular formula is C30H33Cl2N3O6S. The highest BCUT2D eigenvalue weighted by atomic mass is 35.5. The van der Waals surface area contributed by atoms with Crippen LogP contribution in [0.25, 0.3) is 0 Å². The summed E-state index contributed by atoms with van der Waals surface area (Å²) in [7, 11) is -2.15. The molecule has 0 radical (unpaired) electrons. The number of anilines is 1. The van der Waals surface area contributed by atoms with Crippen LogP contribution in [0.5, 0.6) is 11.5 Å². The Morgan fingerprint density at radius 3 is 2.36 bits per heavy atom. The Bertz CT molecular complexity index is 1520. The fraction of sp³-hybridized carbons (Fsp3) is 0.333. The molecule has 3 aromatic rings. The first-order valence-corrected chi connectivity index (χ1v) is 16.0. The summed E-state index contributed by atoms with van der Waals surface area (Å²) < 4.78 is 37.9. The van der Waals surface area contributed by atoms with Crippen molar-refractivity contribution >= 4 is 50.7 Å². The minimum Gasteiger partial charge on any atom is -0.486 e. The van der Waals surface area contributed by atoms with Gasteiger partial charge >= 0.3 is 0 Å². The first-order valence-electron chi connectivity index (χ1n) is 13.4. The predicted octanol–water partition coefficient (Wildman–Crippen LogP) is 4.70. The van der Waals surface area contributed by atoms with Crippen molar-refractivity contribution in [1.82, 2.24) is 10.2 Å². The molecule has 12 heteroatoms. The number of carbonyl (C=O) groups is 2. The summed E-state index contributed by atoms with van der Waals surface area (Å²) in [4.78, 5) is 28.4. The summed E-state index contributed by atoms with van der Waals surface area (Å²) in [6.45, 7) is 0.900. The van der Waals surface area contributed by atoms with Crippen molar-refractivity contribution in [1.29, 1.82) is 0 Å². The number of carbonyl (C=O) groups excluding carboxylic acids is 2. The molecule has 0 spiro atoms. The first kappa shape index (κ1) is 31.5. The van der Waals surface area contributed by atoms with Gasteiger partial charge in [-0.25, -0.2) is 8.42 Å². The number of likely N-dealkylation sites (N-methyl/N-ethyl adjacent to an activating group) is 1. The fourth-order valence-corrected chi connectivity index (χ4v) is 6.17. The summed E-state index contributed by atoms with van der Waals surface area (Å²) in [6, 6.07) is 18.5. The third kappa shape index (κ3) is 8.08. The molecule has 0 aromatic heterocycles. The predicted molar refractivity (Wildman–Crippen MR) is 164 cm³/mol. The number of nitrogens with zero attached hydrogens (tertiary/aromatic N) is 2. The maximum absolute atomic E-state index is 13.8. The lowest BCUT2D eigenvalue weighted by Gasteiger charge is -2.32. The number of hydrogen-bond acceptors (Lipinski definition) is 6. The van der Waals surface area contributed by atoms with Crippen LogP contribution >= 0.6 is 23.2 Å². The molecule has 0 unspecified atom stereocenters. The number of hydrogen-bond donors (Lipinski definition) is 1. The highest BCUT2D eigenvalue weighted by molar-refractivity contribution is 7.92. The Balaban J connectivity index is 1.57. The standard InChI is InChI=1S/C30H33Cl2N3O6S/c1-33-30(37)26(17-21-7-4-3-5-8-21)34(20-22-10-11-23(31)18-25(22)32)29(36)9-6-14-35(42(2,38)39)24-12-13-27-28(19-24)41-16-15-40-27/h3-5,7-8,10-13,18-19,26H,6,9,14-17,20H2,1-2H3,(H,33,37)/t26-/m1/s1. The molecule has 0 saturated heterocycles. The Morgan fingerprint density at radius 1 is 0.976 bits per heavy atom. The summed E-state index contributed by atoms with van der Waals surface area (Å²) in [5, 5.41) is 3.50. The van der Waals surface area contributed by atoms with Crippen molar-refractivity contribution in [3.8, 4) is 11.5 Å². The average molecular weight is 635 g/mol. The molecule has 9 nitrogen and oxygen atoms in total. The van der Waals surface area contributed by atoms with Crippen LogP contribution in [0, 0.1) is 0 Å². The lowest BCUT2D eigenvalue weighted by atomic mass is 10.0. The zero-order chi connectivity index (χ0) is 30.3. The topological polar surface area (TPSA) is 105 Å². The molecule has 0 saturated carbocycles. The monoisotopic (exact) mass is 633 g/mol. The second kappa shape index (κ2) is 14.1. The van der Waals surface area contributed by atoms with Crippen LogP contribution in [-0.4, -0.2) is 64.2 Å². The molecular weight excluding hydrogens is 601 g/mol. The van der Waals surface area contributed by atoms with Crippen LogP contribution < -0.4 is 19.1 Å². The minimum absolute atomic E-state index is 0.00986. The smallest absolute Gasteiger partial charge is 0.242 e. The average Bonchev–Trinajstić information content (AvgIpc) is 2.97. The van der Waals surface area contributed by atoms with Gasteiger partial charge in [0.05, 0.1) is 11.9 Å². The number of fused-ring (bicyclic) bond motifs is 1. The number of ether oxygens (including phenoxy) is 2. The van der Waals surface area contributed by atoms with Gasteiger partial charge in [-0.05, 0) is 41.8 Å². The Morgan fingerprint density at radius 2 is 1.69 bits per heavy atom. The van der Waals surface area contributed by atoms with E-state index < -0.39 is 16.1 Å². The molecule has 0 aliphatic carbocycles. The van der Waals surface area contributed by atoms with Gasteiger partial charge in [0.25, 0.3) is 0 Å². The van der Waals surface area contributed by atoms with Crippen molar-refractivity contribution in [2.45, 2.75) is 31.8 Å². The number of sulfonamides is 1. The fourth-order valence-electron chi connectivity index (χ4n) is 4.75. The van der Waals surface area contributed by atoms with Crippen molar-refractivity contribution in [3.63, 3.8) is 0 Å². The van der Waals surface area contributed by atoms with Crippen molar-refractivity contribution in [3.05, 3.63) is 87.9 Å². The van der Waals surface area contributed by atoms with Gasteiger partial charge in [0.15, 0.2) is 11.5 Å². The number of amides is 2. The molecule has 1 aliphatic rings. The van der Waals surface area contributed by atoms with E-state index in [2.05, 4.69) is 5.32 Å². The Hall–Kier alpha value is -3.47. The van der Waals surface area contributed by atoms with Gasteiger partial charge in [-0.2, -0.15) is 0 Å². The SMILES string of the molecule is CNC(=O)[C@@H](Cc1ccccc1)N(Cc1ccc(Cl)cc1Cl)C(=O)CCCN(c1ccc2c(c1)OCCO2)S(C)(=O)=O. The highest BCUT2D eigenvalue weighted by Gasteiger charge is 2.30. The highest BCUT2D eigenvalue weighted by Crippen LogP contribution is 2.35. The van der Waals surface area contributed by atoms with Crippen LogP contribution in [0.3, 0.4) is 0 Å². The van der Waals surface area contributed by atoms with Crippen molar-refractivity contribution in [2.75, 3.05) is 37.4 Å². The van der Waals surface area contributed by atoms with E-state index in [1.54, 1.807) is 36.4 Å². The molecule has 42 heavy (non-hydrogen) atoms. The second-order valence-electron chi connectivity index (χ2n) is 9.84. The summed E-state index contributed by atoms with van der Waals surface area (Å²) in [6.07, 6.45) is 1.59. The van der Waals surface area contributed by atoms with E-state index in [0.29, 0.717) is 46.0 Å². The summed E-state index contributed by atoms with van der Waals surface area (Å²) in [5.74, 6) is 0.361. The third-order valence-electron chi connectivity index (χ3n) is 6.84. The lowest BCUT2D eigenvalue weighted by Crippen LogP contribution is -2.49. The van der Waals surface area contributed by atoms with Crippen LogP contribution in [0.15, 0.2) is 66.7 Å². The quantitative estimate of drug-likeness (QED) is 0.310. The Labute approximate surface area is 256 Å². The minimum atomic E-state index is -3.68. The number of halogens is 2. The summed E-state index contributed by atoms with van der Waals surface area (Å²) in [5.41, 5.74) is 1.92. The zero-order valence-electron chi connectivity index (χ0n) is 23.4. The molecule has 1 aliphatic heterocycles. The van der Waals surface area contributed by atoms with E-state index in [4.69, 9.17) is 32.7 Å². The zero-order valence-corrected chi connectivity index (χ0v) is 25.7. The number of rotatable bonds is 12. The van der Waals surface area contributed by atoms with Crippen molar-refractivity contribution in [2.24, 2.45) is 0 Å². The molecule has 224 valence electrons. The van der Waals surface area contributed by atoms with E-state index in [9.17, 15) is 18.0 Å². The second-order valence-corrected chi connectivity index (χ2v) is 12.6. The normalized spacial score (nSPS) is 13.2. The number of benzene rings is 3. The van der Waals surface area contributed by atoms with E-state index >= 15 is 0 Å². The van der Waals surface area contributed by atoms with E-state index in [1.807, 2.05) is 30.3 Å². The molecule has 1 atom stereocenters. The molecule has 4 rings (SSSR count). The van der Waals surface area contributed by atoms with Crippen LogP contribution in [0.4, 0.5) is 5.69 Å². The molecule has 1 N–H and O–H groups in total. The van der Waals surface area contributed by atoms with E-state index in [-0.39, 0.29) is 44.2 Å². The van der Waals surface area contributed by atoms with Crippen LogP contribution in [-0.2, 0) is 32.6 Å². The van der Waals surface area contributed by atoms with E-state index in [0.717, 1.165) is 11.8 Å². The lowest BCUT2D eigenvalue weighted by molar-refractivity contribution is -0.141. The summed E-state index contributed by atoms with van der Waals surface area (Å²) >= 11 is 12.5. The maximum atomic E-state index is 13.8. The maximum Gasteiger partial charge on any atom is 0.242 e. The molecule has 0 fully saturated rings. The van der Waals surface area contributed by atoms with Crippen LogP contribution in [0.1, 0.15) is 24.0 Å². The van der Waals surface area contributed by atoms with Gasteiger partial charge in [-0.1, -0.05) is 59.6 Å². The van der Waals surface area contributed by atoms with Crippen molar-refractivity contribution < 1.29 is 27.5 Å². The largest absolute Gasteiger partial charge is 0.486 e. The van der Waals surface area contributed by atoms with Gasteiger partial charge in [0.2, 0.25) is 21.8 Å². The Kier molecular flexibility index (Phi) is 10.6. The van der Waals surface area contributed by atoms with Gasteiger partial charge in [-0.3, -0.25) is 13.9 Å². The molecule has 0 bridgehead atoms. The first-order chi connectivity index (χ1) is 20.1. The molecule has 3 aromatic carbocycles. The van der Waals surface area contributed by atoms with E-state index in [1.165, 1.54) is 16.3 Å². The van der Waals surface area contributed by atoms with Gasteiger partial charge in [0.1, 0.15) is 19.3 Å². The van der Waals surface area contributed by atoms with Crippen LogP contribution in [0.2, 0.25) is 10.0 Å². The van der Waals surface area contributed by atoms with Gasteiger partial charge < -0.3 is 19.7 Å². The number of nitrogens with one attached hydrogen (secondary N) is 1. The third-order valence-corrected chi connectivity index (χ3v) is 8.62. The molecule has 1 heterocycles.